The van der Waals surface area contributed by atoms with Gasteiger partial charge in [-0.05, 0) is 36.6 Å². The zero-order chi connectivity index (χ0) is 22.2. The Balaban J connectivity index is 1.28. The number of ether oxygens (including phenoxy) is 2. The van der Waals surface area contributed by atoms with Crippen molar-refractivity contribution in [3.05, 3.63) is 65.5 Å². The van der Waals surface area contributed by atoms with Gasteiger partial charge in [0.05, 0.1) is 19.8 Å². The first kappa shape index (κ1) is 20.1. The molecule has 3 aromatic heterocycles. The summed E-state index contributed by atoms with van der Waals surface area (Å²) in [5.74, 6) is 2.99. The van der Waals surface area contributed by atoms with Gasteiger partial charge in [0.25, 0.3) is 0 Å². The molecule has 6 rings (SSSR count). The van der Waals surface area contributed by atoms with Crippen molar-refractivity contribution in [2.75, 3.05) is 37.8 Å². The van der Waals surface area contributed by atoms with Crippen LogP contribution in [0.15, 0.2) is 43.0 Å². The van der Waals surface area contributed by atoms with E-state index in [-0.39, 0.29) is 0 Å². The van der Waals surface area contributed by atoms with Crippen molar-refractivity contribution in [2.45, 2.75) is 26.2 Å². The average molecular weight is 443 g/mol. The Kier molecular flexibility index (Phi) is 5.14. The first-order chi connectivity index (χ1) is 16.3. The summed E-state index contributed by atoms with van der Waals surface area (Å²) in [4.78, 5) is 11.9. The Morgan fingerprint density at radius 1 is 1.03 bits per heavy atom. The highest BCUT2D eigenvalue weighted by molar-refractivity contribution is 5.77. The predicted octanol–water partition coefficient (Wildman–Crippen LogP) is 3.05. The zero-order valence-electron chi connectivity index (χ0n) is 18.7. The number of rotatable bonds is 5. The molecule has 4 aromatic rings. The molecular formula is C25H26N6O2. The van der Waals surface area contributed by atoms with Crippen molar-refractivity contribution in [1.29, 1.82) is 0 Å². The molecule has 2 aliphatic heterocycles. The van der Waals surface area contributed by atoms with E-state index in [1.165, 1.54) is 11.1 Å². The number of hydrogen-bond donors (Lipinski definition) is 0. The van der Waals surface area contributed by atoms with Gasteiger partial charge in [0.15, 0.2) is 5.65 Å². The van der Waals surface area contributed by atoms with Crippen LogP contribution in [-0.4, -0.2) is 57.5 Å². The molecule has 0 unspecified atom stereocenters. The molecule has 8 nitrogen and oxygen atoms in total. The molecule has 0 radical (unpaired) electrons. The van der Waals surface area contributed by atoms with Gasteiger partial charge in [-0.3, -0.25) is 4.40 Å². The molecule has 8 heteroatoms. The molecule has 0 saturated carbocycles. The summed E-state index contributed by atoms with van der Waals surface area (Å²) in [6, 6.07) is 8.48. The van der Waals surface area contributed by atoms with Crippen LogP contribution in [0.5, 0.6) is 5.75 Å². The van der Waals surface area contributed by atoms with E-state index in [0.29, 0.717) is 0 Å². The van der Waals surface area contributed by atoms with Crippen LogP contribution in [0.3, 0.4) is 0 Å². The number of aromatic nitrogens is 5. The molecule has 2 aliphatic rings. The SMILES string of the molecule is Cc1cc(-c2cnc(CCc3cccc4c3CCO4)n3cnnc23)cnc1N1CCOCC1. The standard InChI is InChI=1S/C25H26N6O2/c1-17-13-19(14-27-24(17)30-8-11-32-12-9-30)21-15-26-23(31-16-28-29-25(21)31)6-5-18-3-2-4-22-20(18)7-10-33-22/h2-4,13-16H,5-12H2,1H3. The van der Waals surface area contributed by atoms with Crippen LogP contribution in [0.2, 0.25) is 0 Å². The van der Waals surface area contributed by atoms with Crippen molar-refractivity contribution >= 4 is 11.5 Å². The van der Waals surface area contributed by atoms with Gasteiger partial charge in [-0.1, -0.05) is 12.1 Å². The van der Waals surface area contributed by atoms with Gasteiger partial charge in [-0.25, -0.2) is 9.97 Å². The summed E-state index contributed by atoms with van der Waals surface area (Å²) < 4.78 is 13.2. The second-order valence-electron chi connectivity index (χ2n) is 8.57. The third-order valence-electron chi connectivity index (χ3n) is 6.54. The van der Waals surface area contributed by atoms with Crippen molar-refractivity contribution in [1.82, 2.24) is 24.6 Å². The van der Waals surface area contributed by atoms with Gasteiger partial charge in [0.2, 0.25) is 0 Å². The van der Waals surface area contributed by atoms with Crippen LogP contribution in [0.25, 0.3) is 16.8 Å². The third kappa shape index (κ3) is 3.70. The van der Waals surface area contributed by atoms with E-state index in [9.17, 15) is 0 Å². The molecule has 33 heavy (non-hydrogen) atoms. The Hall–Kier alpha value is -3.52. The maximum Gasteiger partial charge on any atom is 0.171 e. The highest BCUT2D eigenvalue weighted by Gasteiger charge is 2.19. The Morgan fingerprint density at radius 2 is 1.94 bits per heavy atom. The summed E-state index contributed by atoms with van der Waals surface area (Å²) in [7, 11) is 0. The quantitative estimate of drug-likeness (QED) is 0.470. The predicted molar refractivity (Wildman–Crippen MR) is 125 cm³/mol. The lowest BCUT2D eigenvalue weighted by atomic mass is 10.0. The molecule has 0 spiro atoms. The van der Waals surface area contributed by atoms with Crippen molar-refractivity contribution in [3.63, 3.8) is 0 Å². The van der Waals surface area contributed by atoms with E-state index in [0.717, 1.165) is 91.9 Å². The summed E-state index contributed by atoms with van der Waals surface area (Å²) >= 11 is 0. The van der Waals surface area contributed by atoms with Crippen molar-refractivity contribution in [2.24, 2.45) is 0 Å². The number of pyridine rings is 1. The fourth-order valence-electron chi connectivity index (χ4n) is 4.85. The molecular weight excluding hydrogens is 416 g/mol. The molecule has 1 saturated heterocycles. The van der Waals surface area contributed by atoms with Crippen LogP contribution >= 0.6 is 0 Å². The monoisotopic (exact) mass is 442 g/mol. The minimum atomic E-state index is 0.743. The molecule has 0 aliphatic carbocycles. The summed E-state index contributed by atoms with van der Waals surface area (Å²) in [6.07, 6.45) is 8.26. The molecule has 0 atom stereocenters. The maximum absolute atomic E-state index is 5.71. The van der Waals surface area contributed by atoms with E-state index in [2.05, 4.69) is 46.3 Å². The number of fused-ring (bicyclic) bond motifs is 2. The first-order valence-electron chi connectivity index (χ1n) is 11.5. The van der Waals surface area contributed by atoms with Crippen LogP contribution in [0.1, 0.15) is 22.5 Å². The van der Waals surface area contributed by atoms with Crippen LogP contribution < -0.4 is 9.64 Å². The van der Waals surface area contributed by atoms with E-state index in [1.54, 1.807) is 6.33 Å². The lowest BCUT2D eigenvalue weighted by Crippen LogP contribution is -2.37. The Morgan fingerprint density at radius 3 is 2.82 bits per heavy atom. The molecule has 0 N–H and O–H groups in total. The number of aryl methyl sites for hydroxylation is 3. The minimum Gasteiger partial charge on any atom is -0.493 e. The minimum absolute atomic E-state index is 0.743. The second-order valence-corrected chi connectivity index (χ2v) is 8.57. The highest BCUT2D eigenvalue weighted by Crippen LogP contribution is 2.30. The van der Waals surface area contributed by atoms with E-state index < -0.39 is 0 Å². The number of nitrogens with zero attached hydrogens (tertiary/aromatic N) is 6. The van der Waals surface area contributed by atoms with Crippen LogP contribution in [-0.2, 0) is 24.0 Å². The molecule has 0 amide bonds. The Bertz CT molecular complexity index is 1310. The van der Waals surface area contributed by atoms with Crippen LogP contribution in [0.4, 0.5) is 5.82 Å². The fourth-order valence-corrected chi connectivity index (χ4v) is 4.85. The number of hydrogen-bond acceptors (Lipinski definition) is 7. The third-order valence-corrected chi connectivity index (χ3v) is 6.54. The zero-order valence-corrected chi connectivity index (χ0v) is 18.7. The van der Waals surface area contributed by atoms with E-state index >= 15 is 0 Å². The highest BCUT2D eigenvalue weighted by atomic mass is 16.5. The molecule has 1 aromatic carbocycles. The lowest BCUT2D eigenvalue weighted by molar-refractivity contribution is 0.122. The number of benzene rings is 1. The molecule has 168 valence electrons. The maximum atomic E-state index is 5.71. The van der Waals surface area contributed by atoms with Gasteiger partial charge in [0, 0.05) is 55.0 Å². The van der Waals surface area contributed by atoms with Gasteiger partial charge in [0.1, 0.15) is 23.7 Å². The van der Waals surface area contributed by atoms with Crippen molar-refractivity contribution in [3.8, 4) is 16.9 Å². The Labute approximate surface area is 192 Å². The van der Waals surface area contributed by atoms with Gasteiger partial charge < -0.3 is 14.4 Å². The lowest BCUT2D eigenvalue weighted by Gasteiger charge is -2.29. The fraction of sp³-hybridized carbons (Fsp3) is 0.360. The largest absolute Gasteiger partial charge is 0.493 e. The molecule has 1 fully saturated rings. The molecule has 0 bridgehead atoms. The normalized spacial score (nSPS) is 15.6. The number of anilines is 1. The van der Waals surface area contributed by atoms with Crippen LogP contribution in [0, 0.1) is 6.92 Å². The van der Waals surface area contributed by atoms with E-state index in [4.69, 9.17) is 19.4 Å². The topological polar surface area (TPSA) is 77.7 Å². The smallest absolute Gasteiger partial charge is 0.171 e. The first-order valence-corrected chi connectivity index (χ1v) is 11.5. The number of morpholine rings is 1. The summed E-state index contributed by atoms with van der Waals surface area (Å²) in [5.41, 5.74) is 6.54. The van der Waals surface area contributed by atoms with E-state index in [1.807, 2.05) is 16.8 Å². The summed E-state index contributed by atoms with van der Waals surface area (Å²) in [6.45, 7) is 6.10. The van der Waals surface area contributed by atoms with Gasteiger partial charge >= 0.3 is 0 Å². The summed E-state index contributed by atoms with van der Waals surface area (Å²) in [5, 5.41) is 8.59. The van der Waals surface area contributed by atoms with Crippen molar-refractivity contribution < 1.29 is 9.47 Å². The van der Waals surface area contributed by atoms with Gasteiger partial charge in [-0.15, -0.1) is 10.2 Å². The van der Waals surface area contributed by atoms with Gasteiger partial charge in [-0.2, -0.15) is 0 Å². The average Bonchev–Trinajstić information content (AvgIpc) is 3.53. The molecule has 5 heterocycles. The second kappa shape index (κ2) is 8.44.